The Balaban J connectivity index is 1.50. The van der Waals surface area contributed by atoms with E-state index in [1.807, 2.05) is 0 Å². The molecule has 0 spiro atoms. The van der Waals surface area contributed by atoms with Crippen LogP contribution in [-0.4, -0.2) is 22.8 Å². The largest absolute Gasteiger partial charge is 0.481 e. The summed E-state index contributed by atoms with van der Waals surface area (Å²) in [6.07, 6.45) is 13.2. The molecule has 1 N–H and O–H groups in total. The molecule has 1 fully saturated rings. The summed E-state index contributed by atoms with van der Waals surface area (Å²) >= 11 is 0. The fourth-order valence-corrected chi connectivity index (χ4v) is 5.01. The molecule has 3 unspecified atom stereocenters. The van der Waals surface area contributed by atoms with Crippen LogP contribution in [0, 0.1) is 11.3 Å². The molecule has 1 aliphatic heterocycles. The highest BCUT2D eigenvalue weighted by Gasteiger charge is 2.37. The number of allylic oxidation sites excluding steroid dienone is 4. The molecule has 152 valence electrons. The van der Waals surface area contributed by atoms with Crippen LogP contribution in [0.3, 0.4) is 0 Å². The highest BCUT2D eigenvalue weighted by molar-refractivity contribution is 5.70. The van der Waals surface area contributed by atoms with Gasteiger partial charge in [-0.2, -0.15) is 0 Å². The molecule has 0 radical (unpaired) electrons. The van der Waals surface area contributed by atoms with Gasteiger partial charge < -0.3 is 5.11 Å². The molecule has 0 bridgehead atoms. The molecule has 0 aromatic rings. The summed E-state index contributed by atoms with van der Waals surface area (Å²) in [4.78, 5) is 22.2. The molecule has 1 heterocycles. The van der Waals surface area contributed by atoms with Crippen LogP contribution in [0.5, 0.6) is 0 Å². The van der Waals surface area contributed by atoms with E-state index in [0.29, 0.717) is 5.41 Å². The maximum Gasteiger partial charge on any atom is 0.308 e. The number of aliphatic carboxylic acids is 1. The Morgan fingerprint density at radius 3 is 2.70 bits per heavy atom. The molecule has 1 saturated heterocycles. The summed E-state index contributed by atoms with van der Waals surface area (Å²) in [6.45, 7) is 8.59. The van der Waals surface area contributed by atoms with E-state index < -0.39 is 11.9 Å². The molecule has 4 nitrogen and oxygen atoms in total. The van der Waals surface area contributed by atoms with Gasteiger partial charge in [-0.05, 0) is 83.5 Å². The number of carbonyl (C=O) groups is 1. The van der Waals surface area contributed by atoms with Crippen molar-refractivity contribution in [2.24, 2.45) is 11.3 Å². The van der Waals surface area contributed by atoms with E-state index >= 15 is 0 Å². The zero-order valence-electron chi connectivity index (χ0n) is 17.5. The molecule has 3 aliphatic rings. The fraction of sp³-hybridized carbons (Fsp3) is 0.783. The number of hydrogen-bond donors (Lipinski definition) is 1. The van der Waals surface area contributed by atoms with Crippen molar-refractivity contribution in [1.82, 2.24) is 0 Å². The van der Waals surface area contributed by atoms with Crippen LogP contribution in [0.1, 0.15) is 91.9 Å². The Bertz CT molecular complexity index is 620. The third-order valence-electron chi connectivity index (χ3n) is 7.04. The fourth-order valence-electron chi connectivity index (χ4n) is 5.01. The predicted molar refractivity (Wildman–Crippen MR) is 106 cm³/mol. The van der Waals surface area contributed by atoms with Crippen molar-refractivity contribution in [2.75, 3.05) is 0 Å². The van der Waals surface area contributed by atoms with Crippen molar-refractivity contribution in [3.63, 3.8) is 0 Å². The quantitative estimate of drug-likeness (QED) is 0.474. The number of carboxylic acids is 1. The standard InChI is InChI=1S/C23H36O4/c1-16(21(24)25)20-11-14-23(4,27-26-20)13-5-7-17-9-10-19-18(15-17)8-6-12-22(19,2)3/h7,16,20H,5-6,8-15H2,1-4H3,(H,24,25). The molecule has 0 aromatic heterocycles. The van der Waals surface area contributed by atoms with Crippen molar-refractivity contribution in [2.45, 2.75) is 104 Å². The lowest BCUT2D eigenvalue weighted by Crippen LogP contribution is -2.41. The van der Waals surface area contributed by atoms with Crippen molar-refractivity contribution in [3.05, 3.63) is 22.8 Å². The minimum atomic E-state index is -0.825. The summed E-state index contributed by atoms with van der Waals surface area (Å²) in [5.74, 6) is -1.35. The first-order valence-corrected chi connectivity index (χ1v) is 10.7. The molecule has 0 aromatic carbocycles. The normalized spacial score (nSPS) is 33.6. The van der Waals surface area contributed by atoms with Gasteiger partial charge in [0.25, 0.3) is 0 Å². The van der Waals surface area contributed by atoms with Crippen LogP contribution in [0.25, 0.3) is 0 Å². The van der Waals surface area contributed by atoms with E-state index in [1.165, 1.54) is 38.5 Å². The first-order chi connectivity index (χ1) is 12.7. The topological polar surface area (TPSA) is 55.8 Å². The van der Waals surface area contributed by atoms with E-state index in [2.05, 4.69) is 26.8 Å². The summed E-state index contributed by atoms with van der Waals surface area (Å²) in [7, 11) is 0. The maximum atomic E-state index is 11.1. The van der Waals surface area contributed by atoms with E-state index in [-0.39, 0.29) is 11.7 Å². The third-order valence-corrected chi connectivity index (χ3v) is 7.04. The molecular formula is C23H36O4. The van der Waals surface area contributed by atoms with Gasteiger partial charge in [0.05, 0.1) is 5.92 Å². The van der Waals surface area contributed by atoms with Crippen molar-refractivity contribution >= 4 is 5.97 Å². The van der Waals surface area contributed by atoms with Gasteiger partial charge in [0.15, 0.2) is 0 Å². The van der Waals surface area contributed by atoms with Gasteiger partial charge in [-0.15, -0.1) is 0 Å². The SMILES string of the molecule is CC(C(=O)O)C1CCC(C)(CCC=C2CCC3=C(CCCC3(C)C)C2)OO1. The van der Waals surface area contributed by atoms with E-state index in [0.717, 1.165) is 25.7 Å². The monoisotopic (exact) mass is 376 g/mol. The Labute approximate surface area is 163 Å². The Morgan fingerprint density at radius 1 is 1.26 bits per heavy atom. The molecular weight excluding hydrogens is 340 g/mol. The molecule has 3 atom stereocenters. The summed E-state index contributed by atoms with van der Waals surface area (Å²) in [5.41, 5.74) is 5.13. The lowest BCUT2D eigenvalue weighted by atomic mass is 9.67. The predicted octanol–water partition coefficient (Wildman–Crippen LogP) is 5.97. The summed E-state index contributed by atoms with van der Waals surface area (Å²) in [5, 5.41) is 9.12. The van der Waals surface area contributed by atoms with Crippen LogP contribution >= 0.6 is 0 Å². The zero-order valence-corrected chi connectivity index (χ0v) is 17.5. The van der Waals surface area contributed by atoms with Gasteiger partial charge in [-0.25, -0.2) is 9.78 Å². The zero-order chi connectivity index (χ0) is 19.7. The second-order valence-corrected chi connectivity index (χ2v) is 9.73. The van der Waals surface area contributed by atoms with Crippen molar-refractivity contribution in [3.8, 4) is 0 Å². The van der Waals surface area contributed by atoms with Gasteiger partial charge >= 0.3 is 5.97 Å². The molecule has 0 amide bonds. The van der Waals surface area contributed by atoms with E-state index in [1.54, 1.807) is 23.6 Å². The molecule has 3 rings (SSSR count). The lowest BCUT2D eigenvalue weighted by Gasteiger charge is -2.39. The molecule has 4 heteroatoms. The average molecular weight is 377 g/mol. The van der Waals surface area contributed by atoms with Crippen LogP contribution in [-0.2, 0) is 14.6 Å². The van der Waals surface area contributed by atoms with Crippen LogP contribution < -0.4 is 0 Å². The summed E-state index contributed by atoms with van der Waals surface area (Å²) in [6, 6.07) is 0. The highest BCUT2D eigenvalue weighted by atomic mass is 17.2. The molecule has 27 heavy (non-hydrogen) atoms. The first-order valence-electron chi connectivity index (χ1n) is 10.7. The van der Waals surface area contributed by atoms with Crippen LogP contribution in [0.2, 0.25) is 0 Å². The van der Waals surface area contributed by atoms with Gasteiger partial charge in [0.2, 0.25) is 0 Å². The van der Waals surface area contributed by atoms with E-state index in [9.17, 15) is 4.79 Å². The van der Waals surface area contributed by atoms with Crippen molar-refractivity contribution in [1.29, 1.82) is 0 Å². The summed E-state index contributed by atoms with van der Waals surface area (Å²) < 4.78 is 0. The van der Waals surface area contributed by atoms with Crippen molar-refractivity contribution < 1.29 is 19.7 Å². The Kier molecular flexibility index (Phi) is 6.17. The number of hydrogen-bond acceptors (Lipinski definition) is 3. The Morgan fingerprint density at radius 2 is 2.04 bits per heavy atom. The number of rotatable bonds is 5. The van der Waals surface area contributed by atoms with Gasteiger partial charge in [-0.1, -0.05) is 36.6 Å². The van der Waals surface area contributed by atoms with Crippen LogP contribution in [0.15, 0.2) is 22.8 Å². The smallest absolute Gasteiger partial charge is 0.308 e. The minimum Gasteiger partial charge on any atom is -0.481 e. The highest BCUT2D eigenvalue weighted by Crippen LogP contribution is 2.47. The molecule has 0 saturated carbocycles. The van der Waals surface area contributed by atoms with Gasteiger partial charge in [0.1, 0.15) is 11.7 Å². The van der Waals surface area contributed by atoms with E-state index in [4.69, 9.17) is 14.9 Å². The lowest BCUT2D eigenvalue weighted by molar-refractivity contribution is -0.411. The van der Waals surface area contributed by atoms with Gasteiger partial charge in [-0.3, -0.25) is 4.79 Å². The maximum absolute atomic E-state index is 11.1. The first kappa shape index (κ1) is 20.6. The van der Waals surface area contributed by atoms with Gasteiger partial charge in [0, 0.05) is 0 Å². The third kappa shape index (κ3) is 4.83. The second-order valence-electron chi connectivity index (χ2n) is 9.73. The minimum absolute atomic E-state index is 0.308. The number of carboxylic acid groups (broad SMARTS) is 1. The Hall–Kier alpha value is -1.13. The second kappa shape index (κ2) is 8.08. The van der Waals surface area contributed by atoms with Crippen LogP contribution in [0.4, 0.5) is 0 Å². The molecule has 2 aliphatic carbocycles. The average Bonchev–Trinajstić information content (AvgIpc) is 2.61.